The Balaban J connectivity index is 1.68. The number of piperidine rings is 1. The number of likely N-dealkylation sites (tertiary alicyclic amines) is 1. The lowest BCUT2D eigenvalue weighted by molar-refractivity contribution is -0.142. The molecule has 0 spiro atoms. The summed E-state index contributed by atoms with van der Waals surface area (Å²) in [5, 5.41) is 1.83. The molecule has 1 N–H and O–H groups in total. The van der Waals surface area contributed by atoms with Crippen LogP contribution in [0.4, 0.5) is 11.4 Å². The maximum Gasteiger partial charge on any atom is 0.242 e. The summed E-state index contributed by atoms with van der Waals surface area (Å²) in [6.07, 6.45) is 1.37. The largest absolute Gasteiger partial charge is 0.342 e. The molecule has 1 heterocycles. The van der Waals surface area contributed by atoms with Gasteiger partial charge in [-0.1, -0.05) is 57.2 Å². The van der Waals surface area contributed by atoms with Gasteiger partial charge in [-0.3, -0.25) is 20.0 Å². The summed E-state index contributed by atoms with van der Waals surface area (Å²) in [4.78, 5) is 27.3. The number of para-hydroxylation sites is 2. The summed E-state index contributed by atoms with van der Waals surface area (Å²) in [5.74, 6) is 0.0519. The fourth-order valence-electron chi connectivity index (χ4n) is 3.45. The van der Waals surface area contributed by atoms with Gasteiger partial charge < -0.3 is 4.90 Å². The molecule has 5 nitrogen and oxygen atoms in total. The third-order valence-corrected chi connectivity index (χ3v) is 5.05. The van der Waals surface area contributed by atoms with E-state index in [0.29, 0.717) is 25.9 Å². The number of amides is 2. The van der Waals surface area contributed by atoms with Gasteiger partial charge in [0, 0.05) is 24.4 Å². The van der Waals surface area contributed by atoms with Crippen LogP contribution in [-0.2, 0) is 9.59 Å². The minimum Gasteiger partial charge on any atom is -0.342 e. The molecule has 2 amide bonds. The predicted octanol–water partition coefficient (Wildman–Crippen LogP) is 4.14. The molecule has 0 unspecified atom stereocenters. The predicted molar refractivity (Wildman–Crippen MR) is 112 cm³/mol. The van der Waals surface area contributed by atoms with Crippen LogP contribution in [0.15, 0.2) is 60.7 Å². The molecule has 0 aliphatic carbocycles. The van der Waals surface area contributed by atoms with Crippen LogP contribution in [0.3, 0.4) is 0 Å². The molecule has 0 saturated carbocycles. The Morgan fingerprint density at radius 2 is 1.36 bits per heavy atom. The lowest BCUT2D eigenvalue weighted by Crippen LogP contribution is -2.49. The number of anilines is 2. The van der Waals surface area contributed by atoms with E-state index in [9.17, 15) is 9.59 Å². The first-order chi connectivity index (χ1) is 13.4. The number of nitrogens with one attached hydrogen (secondary N) is 1. The standard InChI is InChI=1S/C23H29N3O2/c1-23(2,3)22(28)25-16-14-18(15-17-25)21(27)24-26(19-10-6-4-7-11-19)20-12-8-5-9-13-20/h4-13,18H,14-17H2,1-3H3,(H,24,27). The molecule has 5 heteroatoms. The number of carbonyl (C=O) groups excluding carboxylic acids is 2. The van der Waals surface area contributed by atoms with Crippen LogP contribution < -0.4 is 10.4 Å². The molecule has 0 aromatic heterocycles. The Morgan fingerprint density at radius 1 is 0.893 bits per heavy atom. The van der Waals surface area contributed by atoms with Gasteiger partial charge in [0.1, 0.15) is 0 Å². The molecule has 2 aromatic carbocycles. The zero-order valence-corrected chi connectivity index (χ0v) is 16.9. The first-order valence-electron chi connectivity index (χ1n) is 9.86. The van der Waals surface area contributed by atoms with Crippen molar-refractivity contribution in [3.8, 4) is 0 Å². The van der Waals surface area contributed by atoms with E-state index in [1.165, 1.54) is 0 Å². The summed E-state index contributed by atoms with van der Waals surface area (Å²) in [6, 6.07) is 19.6. The van der Waals surface area contributed by atoms with Crippen LogP contribution in [0.2, 0.25) is 0 Å². The normalized spacial score (nSPS) is 15.2. The average molecular weight is 380 g/mol. The molecule has 148 valence electrons. The van der Waals surface area contributed by atoms with E-state index in [2.05, 4.69) is 5.43 Å². The highest BCUT2D eigenvalue weighted by atomic mass is 16.2. The van der Waals surface area contributed by atoms with Crippen LogP contribution in [0.25, 0.3) is 0 Å². The minimum atomic E-state index is -0.382. The van der Waals surface area contributed by atoms with Crippen molar-refractivity contribution >= 4 is 23.2 Å². The quantitative estimate of drug-likeness (QED) is 0.813. The number of hydrazine groups is 1. The van der Waals surface area contributed by atoms with Crippen LogP contribution >= 0.6 is 0 Å². The van der Waals surface area contributed by atoms with Gasteiger partial charge in [0.2, 0.25) is 11.8 Å². The molecule has 3 rings (SSSR count). The van der Waals surface area contributed by atoms with E-state index >= 15 is 0 Å². The molecule has 0 bridgehead atoms. The fourth-order valence-corrected chi connectivity index (χ4v) is 3.45. The molecule has 1 aliphatic heterocycles. The fraction of sp³-hybridized carbons (Fsp3) is 0.391. The van der Waals surface area contributed by atoms with Gasteiger partial charge in [-0.05, 0) is 37.1 Å². The average Bonchev–Trinajstić information content (AvgIpc) is 2.72. The molecular formula is C23H29N3O2. The third kappa shape index (κ3) is 4.71. The summed E-state index contributed by atoms with van der Waals surface area (Å²) in [6.45, 7) is 7.07. The van der Waals surface area contributed by atoms with Crippen molar-refractivity contribution < 1.29 is 9.59 Å². The summed E-state index contributed by atoms with van der Waals surface area (Å²) in [5.41, 5.74) is 4.51. The van der Waals surface area contributed by atoms with Crippen molar-refractivity contribution in [1.29, 1.82) is 0 Å². The van der Waals surface area contributed by atoms with Crippen LogP contribution in [0.1, 0.15) is 33.6 Å². The van der Waals surface area contributed by atoms with Gasteiger partial charge in [0.05, 0.1) is 11.4 Å². The molecule has 0 atom stereocenters. The van der Waals surface area contributed by atoms with Crippen molar-refractivity contribution in [2.24, 2.45) is 11.3 Å². The Bertz CT molecular complexity index is 752. The van der Waals surface area contributed by atoms with Gasteiger partial charge >= 0.3 is 0 Å². The Hall–Kier alpha value is -2.82. The number of hydrogen-bond acceptors (Lipinski definition) is 3. The van der Waals surface area contributed by atoms with E-state index in [1.807, 2.05) is 91.3 Å². The number of carbonyl (C=O) groups is 2. The molecule has 0 radical (unpaired) electrons. The Labute approximate surface area is 167 Å². The van der Waals surface area contributed by atoms with E-state index in [4.69, 9.17) is 0 Å². The van der Waals surface area contributed by atoms with Gasteiger partial charge in [-0.2, -0.15) is 0 Å². The number of rotatable bonds is 4. The molecule has 2 aromatic rings. The van der Waals surface area contributed by atoms with Gasteiger partial charge in [0.15, 0.2) is 0 Å². The number of benzene rings is 2. The third-order valence-electron chi connectivity index (χ3n) is 5.05. The molecule has 1 saturated heterocycles. The molecule has 1 aliphatic rings. The van der Waals surface area contributed by atoms with E-state index in [0.717, 1.165) is 11.4 Å². The van der Waals surface area contributed by atoms with Crippen molar-refractivity contribution in [2.75, 3.05) is 18.1 Å². The lowest BCUT2D eigenvalue weighted by atomic mass is 9.91. The highest BCUT2D eigenvalue weighted by molar-refractivity contribution is 5.84. The Kier molecular flexibility index (Phi) is 6.02. The van der Waals surface area contributed by atoms with Gasteiger partial charge in [-0.15, -0.1) is 0 Å². The highest BCUT2D eigenvalue weighted by Crippen LogP contribution is 2.26. The van der Waals surface area contributed by atoms with Crippen molar-refractivity contribution in [1.82, 2.24) is 10.3 Å². The van der Waals surface area contributed by atoms with E-state index in [-0.39, 0.29) is 23.1 Å². The van der Waals surface area contributed by atoms with Crippen LogP contribution in [-0.4, -0.2) is 29.8 Å². The van der Waals surface area contributed by atoms with Crippen molar-refractivity contribution in [2.45, 2.75) is 33.6 Å². The maximum atomic E-state index is 13.0. The first-order valence-corrected chi connectivity index (χ1v) is 9.86. The second kappa shape index (κ2) is 8.46. The summed E-state index contributed by atoms with van der Waals surface area (Å²) in [7, 11) is 0. The van der Waals surface area contributed by atoms with Crippen molar-refractivity contribution in [3.63, 3.8) is 0 Å². The SMILES string of the molecule is CC(C)(C)C(=O)N1CCC(C(=O)NN(c2ccccc2)c2ccccc2)CC1. The minimum absolute atomic E-state index is 0.00411. The van der Waals surface area contributed by atoms with Gasteiger partial charge in [0.25, 0.3) is 0 Å². The maximum absolute atomic E-state index is 13.0. The summed E-state index contributed by atoms with van der Waals surface area (Å²) < 4.78 is 0. The number of hydrogen-bond donors (Lipinski definition) is 1. The van der Waals surface area contributed by atoms with E-state index in [1.54, 1.807) is 0 Å². The van der Waals surface area contributed by atoms with E-state index < -0.39 is 0 Å². The van der Waals surface area contributed by atoms with Crippen molar-refractivity contribution in [3.05, 3.63) is 60.7 Å². The monoisotopic (exact) mass is 379 g/mol. The second-order valence-corrected chi connectivity index (χ2v) is 8.30. The second-order valence-electron chi connectivity index (χ2n) is 8.30. The zero-order valence-electron chi connectivity index (χ0n) is 16.9. The lowest BCUT2D eigenvalue weighted by Gasteiger charge is -2.36. The summed E-state index contributed by atoms with van der Waals surface area (Å²) >= 11 is 0. The van der Waals surface area contributed by atoms with Gasteiger partial charge in [-0.25, -0.2) is 0 Å². The highest BCUT2D eigenvalue weighted by Gasteiger charge is 2.32. The molecule has 1 fully saturated rings. The zero-order chi connectivity index (χ0) is 20.1. The Morgan fingerprint density at radius 3 is 1.79 bits per heavy atom. The van der Waals surface area contributed by atoms with Crippen LogP contribution in [0.5, 0.6) is 0 Å². The number of nitrogens with zero attached hydrogens (tertiary/aromatic N) is 2. The molecular weight excluding hydrogens is 350 g/mol. The van der Waals surface area contributed by atoms with Crippen LogP contribution in [0, 0.1) is 11.3 Å². The first kappa shape index (κ1) is 19.9. The molecule has 28 heavy (non-hydrogen) atoms. The topological polar surface area (TPSA) is 52.7 Å². The smallest absolute Gasteiger partial charge is 0.242 e.